The number of carbonyl (C=O) groups excluding carboxylic acids is 1. The van der Waals surface area contributed by atoms with E-state index in [0.717, 1.165) is 35.6 Å². The summed E-state index contributed by atoms with van der Waals surface area (Å²) in [7, 11) is 0. The van der Waals surface area contributed by atoms with Crippen molar-refractivity contribution >= 4 is 5.91 Å². The summed E-state index contributed by atoms with van der Waals surface area (Å²) >= 11 is 0. The van der Waals surface area contributed by atoms with Crippen molar-refractivity contribution in [3.05, 3.63) is 41.2 Å². The third-order valence-electron chi connectivity index (χ3n) is 4.60. The van der Waals surface area contributed by atoms with Gasteiger partial charge in [0.1, 0.15) is 13.2 Å². The van der Waals surface area contributed by atoms with Crippen LogP contribution in [0, 0.1) is 6.92 Å². The molecule has 3 rings (SSSR count). The van der Waals surface area contributed by atoms with Crippen LogP contribution in [0.3, 0.4) is 0 Å². The first-order valence-corrected chi connectivity index (χ1v) is 8.81. The number of fused-ring (bicyclic) bond motifs is 1. The van der Waals surface area contributed by atoms with Crippen molar-refractivity contribution in [1.29, 1.82) is 0 Å². The summed E-state index contributed by atoms with van der Waals surface area (Å²) in [5, 5.41) is 7.32. The Bertz CT molecular complexity index is 754. The standard InChI is InChI=1S/C19H25N3O3/c1-4-13(2)22-14(3)16(12-21-22)19(23)20-8-7-15-5-6-17-18(11-15)25-10-9-24-17/h5-6,11-13H,4,7-10H2,1-3H3,(H,20,23). The average Bonchev–Trinajstić information content (AvgIpc) is 3.02. The molecule has 6 nitrogen and oxygen atoms in total. The van der Waals surface area contributed by atoms with Crippen LogP contribution >= 0.6 is 0 Å². The van der Waals surface area contributed by atoms with E-state index in [1.807, 2.05) is 29.8 Å². The third-order valence-corrected chi connectivity index (χ3v) is 4.60. The van der Waals surface area contributed by atoms with Crippen molar-refractivity contribution in [3.8, 4) is 11.5 Å². The van der Waals surface area contributed by atoms with Crippen LogP contribution in [0.1, 0.15) is 47.9 Å². The van der Waals surface area contributed by atoms with Crippen molar-refractivity contribution in [2.24, 2.45) is 0 Å². The van der Waals surface area contributed by atoms with Crippen LogP contribution < -0.4 is 14.8 Å². The van der Waals surface area contributed by atoms with Gasteiger partial charge in [0.15, 0.2) is 11.5 Å². The topological polar surface area (TPSA) is 65.4 Å². The van der Waals surface area contributed by atoms with Crippen LogP contribution in [0.2, 0.25) is 0 Å². The Morgan fingerprint density at radius 1 is 1.32 bits per heavy atom. The van der Waals surface area contributed by atoms with E-state index < -0.39 is 0 Å². The Balaban J connectivity index is 1.57. The largest absolute Gasteiger partial charge is 0.486 e. The minimum absolute atomic E-state index is 0.0791. The van der Waals surface area contributed by atoms with Gasteiger partial charge in [0.2, 0.25) is 0 Å². The Hall–Kier alpha value is -2.50. The van der Waals surface area contributed by atoms with Gasteiger partial charge in [-0.2, -0.15) is 5.10 Å². The monoisotopic (exact) mass is 343 g/mol. The Labute approximate surface area is 148 Å². The molecule has 0 fully saturated rings. The van der Waals surface area contributed by atoms with Crippen LogP contribution in [0.15, 0.2) is 24.4 Å². The minimum atomic E-state index is -0.0791. The fourth-order valence-electron chi connectivity index (χ4n) is 2.92. The molecule has 1 aromatic heterocycles. The van der Waals surface area contributed by atoms with E-state index in [4.69, 9.17) is 9.47 Å². The normalized spacial score (nSPS) is 14.2. The van der Waals surface area contributed by atoms with Gasteiger partial charge >= 0.3 is 0 Å². The van der Waals surface area contributed by atoms with Crippen LogP contribution in [0.5, 0.6) is 11.5 Å². The van der Waals surface area contributed by atoms with Crippen LogP contribution in [-0.4, -0.2) is 35.4 Å². The number of benzene rings is 1. The third kappa shape index (κ3) is 3.78. The van der Waals surface area contributed by atoms with Gasteiger partial charge in [-0.3, -0.25) is 9.48 Å². The van der Waals surface area contributed by atoms with E-state index in [0.29, 0.717) is 31.4 Å². The van der Waals surface area contributed by atoms with E-state index >= 15 is 0 Å². The van der Waals surface area contributed by atoms with E-state index in [9.17, 15) is 4.79 Å². The summed E-state index contributed by atoms with van der Waals surface area (Å²) < 4.78 is 13.0. The molecule has 1 N–H and O–H groups in total. The second-order valence-corrected chi connectivity index (χ2v) is 6.33. The molecule has 2 heterocycles. The number of ether oxygens (including phenoxy) is 2. The summed E-state index contributed by atoms with van der Waals surface area (Å²) in [5.74, 6) is 1.48. The smallest absolute Gasteiger partial charge is 0.254 e. The first-order chi connectivity index (χ1) is 12.1. The average molecular weight is 343 g/mol. The summed E-state index contributed by atoms with van der Waals surface area (Å²) in [4.78, 5) is 12.4. The number of hydrogen-bond donors (Lipinski definition) is 1. The Morgan fingerprint density at radius 3 is 2.84 bits per heavy atom. The maximum absolute atomic E-state index is 12.4. The molecule has 2 aromatic rings. The number of nitrogens with zero attached hydrogens (tertiary/aromatic N) is 2. The predicted molar refractivity (Wildman–Crippen MR) is 95.4 cm³/mol. The zero-order chi connectivity index (χ0) is 17.8. The molecule has 0 spiro atoms. The molecule has 0 radical (unpaired) electrons. The highest BCUT2D eigenvalue weighted by Gasteiger charge is 2.16. The van der Waals surface area contributed by atoms with Gasteiger partial charge in [0.05, 0.1) is 11.8 Å². The molecular formula is C19H25N3O3. The molecule has 1 aromatic carbocycles. The molecule has 0 aliphatic carbocycles. The van der Waals surface area contributed by atoms with E-state index in [-0.39, 0.29) is 5.91 Å². The number of carbonyl (C=O) groups is 1. The molecule has 134 valence electrons. The molecule has 0 bridgehead atoms. The van der Waals surface area contributed by atoms with Gasteiger partial charge in [-0.1, -0.05) is 13.0 Å². The zero-order valence-electron chi connectivity index (χ0n) is 15.0. The van der Waals surface area contributed by atoms with Crippen molar-refractivity contribution in [1.82, 2.24) is 15.1 Å². The molecule has 6 heteroatoms. The predicted octanol–water partition coefficient (Wildman–Crippen LogP) is 2.91. The Kier molecular flexibility index (Phi) is 5.26. The first kappa shape index (κ1) is 17.3. The lowest BCUT2D eigenvalue weighted by atomic mass is 10.1. The highest BCUT2D eigenvalue weighted by Crippen LogP contribution is 2.30. The molecule has 1 amide bonds. The van der Waals surface area contributed by atoms with E-state index in [1.165, 1.54) is 0 Å². The van der Waals surface area contributed by atoms with Gasteiger partial charge in [-0.25, -0.2) is 0 Å². The van der Waals surface area contributed by atoms with Gasteiger partial charge in [-0.05, 0) is 44.4 Å². The summed E-state index contributed by atoms with van der Waals surface area (Å²) in [6.07, 6.45) is 3.37. The van der Waals surface area contributed by atoms with Crippen molar-refractivity contribution in [2.45, 2.75) is 39.7 Å². The summed E-state index contributed by atoms with van der Waals surface area (Å²) in [6.45, 7) is 7.88. The quantitative estimate of drug-likeness (QED) is 0.876. The van der Waals surface area contributed by atoms with Gasteiger partial charge < -0.3 is 14.8 Å². The second-order valence-electron chi connectivity index (χ2n) is 6.33. The van der Waals surface area contributed by atoms with Gasteiger partial charge in [0, 0.05) is 18.3 Å². The summed E-state index contributed by atoms with van der Waals surface area (Å²) in [5.41, 5.74) is 2.66. The lowest BCUT2D eigenvalue weighted by Gasteiger charge is -2.18. The number of rotatable bonds is 6. The molecule has 25 heavy (non-hydrogen) atoms. The number of hydrogen-bond acceptors (Lipinski definition) is 4. The molecule has 1 aliphatic rings. The highest BCUT2D eigenvalue weighted by atomic mass is 16.6. The van der Waals surface area contributed by atoms with E-state index in [2.05, 4.69) is 24.3 Å². The molecule has 1 atom stereocenters. The number of amides is 1. The molecule has 0 saturated heterocycles. The van der Waals surface area contributed by atoms with Crippen molar-refractivity contribution < 1.29 is 14.3 Å². The Morgan fingerprint density at radius 2 is 2.08 bits per heavy atom. The van der Waals surface area contributed by atoms with E-state index in [1.54, 1.807) is 6.20 Å². The maximum atomic E-state index is 12.4. The minimum Gasteiger partial charge on any atom is -0.486 e. The van der Waals surface area contributed by atoms with Crippen LogP contribution in [-0.2, 0) is 6.42 Å². The van der Waals surface area contributed by atoms with Gasteiger partial charge in [-0.15, -0.1) is 0 Å². The second kappa shape index (κ2) is 7.59. The summed E-state index contributed by atoms with van der Waals surface area (Å²) in [6, 6.07) is 6.20. The fourth-order valence-corrected chi connectivity index (χ4v) is 2.92. The SMILES string of the molecule is CCC(C)n1ncc(C(=O)NCCc2ccc3c(c2)OCCO3)c1C. The molecular weight excluding hydrogens is 318 g/mol. The van der Waals surface area contributed by atoms with Crippen LogP contribution in [0.25, 0.3) is 0 Å². The van der Waals surface area contributed by atoms with Crippen LogP contribution in [0.4, 0.5) is 0 Å². The number of nitrogens with one attached hydrogen (secondary N) is 1. The van der Waals surface area contributed by atoms with Crippen molar-refractivity contribution in [2.75, 3.05) is 19.8 Å². The highest BCUT2D eigenvalue weighted by molar-refractivity contribution is 5.95. The molecule has 1 aliphatic heterocycles. The number of aromatic nitrogens is 2. The molecule has 0 saturated carbocycles. The lowest BCUT2D eigenvalue weighted by Crippen LogP contribution is -2.26. The lowest BCUT2D eigenvalue weighted by molar-refractivity contribution is 0.0953. The fraction of sp³-hybridized carbons (Fsp3) is 0.474. The van der Waals surface area contributed by atoms with Gasteiger partial charge in [0.25, 0.3) is 5.91 Å². The van der Waals surface area contributed by atoms with Crippen molar-refractivity contribution in [3.63, 3.8) is 0 Å². The first-order valence-electron chi connectivity index (χ1n) is 8.81. The maximum Gasteiger partial charge on any atom is 0.254 e. The molecule has 1 unspecified atom stereocenters. The zero-order valence-corrected chi connectivity index (χ0v) is 15.0.